The molecule has 0 N–H and O–H groups in total. The van der Waals surface area contributed by atoms with Crippen molar-refractivity contribution in [2.75, 3.05) is 13.2 Å². The standard InChI is InChI=1S/C71H124O6/c1-4-7-10-13-16-19-22-25-27-29-31-33-34-35-36-38-39-41-43-46-49-52-55-58-61-64-70(73)76-67-68(66-75-69(72)63-60-57-54-51-48-45-24-21-18-15-12-9-6-3)77-71(74)65-62-59-56-53-50-47-44-42-40-37-32-30-28-26-23-20-17-14-11-8-5-2/h7,10,16,19,21,23-27,30-33,68H,4-6,8-9,11-15,17-18,20,22,28-29,34-67H2,1-3H3/b10-7-,19-16-,24-21-,26-23-,27-25-,32-30-,33-31-. The van der Waals surface area contributed by atoms with Gasteiger partial charge in [-0.3, -0.25) is 14.4 Å². The van der Waals surface area contributed by atoms with Crippen LogP contribution in [-0.4, -0.2) is 37.2 Å². The Hall–Kier alpha value is -3.41. The lowest BCUT2D eigenvalue weighted by molar-refractivity contribution is -0.167. The smallest absolute Gasteiger partial charge is 0.306 e. The Balaban J connectivity index is 4.31. The van der Waals surface area contributed by atoms with Gasteiger partial charge in [-0.25, -0.2) is 0 Å². The molecule has 1 atom stereocenters. The van der Waals surface area contributed by atoms with Crippen LogP contribution in [0.2, 0.25) is 0 Å². The van der Waals surface area contributed by atoms with E-state index in [1.807, 2.05) is 0 Å². The summed E-state index contributed by atoms with van der Waals surface area (Å²) in [5.41, 5.74) is 0. The summed E-state index contributed by atoms with van der Waals surface area (Å²) in [5.74, 6) is -0.881. The number of unbranched alkanes of at least 4 members (excludes halogenated alkanes) is 35. The van der Waals surface area contributed by atoms with Crippen LogP contribution in [0.3, 0.4) is 0 Å². The lowest BCUT2D eigenvalue weighted by Gasteiger charge is -2.18. The molecule has 0 bridgehead atoms. The van der Waals surface area contributed by atoms with Crippen molar-refractivity contribution in [2.45, 2.75) is 335 Å². The SMILES string of the molecule is CC/C=C\C/C=C\C/C=C\C/C=C\CCCCCCCCCCCCCCC(=O)OCC(COC(=O)CCCCCCC/C=C\CCCCCC)OC(=O)CCCCCCCCCCC/C=C\C/C=C\CCCCCCC. The van der Waals surface area contributed by atoms with Crippen LogP contribution in [0.5, 0.6) is 0 Å². The van der Waals surface area contributed by atoms with E-state index in [0.717, 1.165) is 96.3 Å². The van der Waals surface area contributed by atoms with Gasteiger partial charge in [-0.2, -0.15) is 0 Å². The van der Waals surface area contributed by atoms with E-state index >= 15 is 0 Å². The zero-order valence-corrected chi connectivity index (χ0v) is 51.0. The van der Waals surface area contributed by atoms with Crippen molar-refractivity contribution in [2.24, 2.45) is 0 Å². The second-order valence-corrected chi connectivity index (χ2v) is 22.0. The van der Waals surface area contributed by atoms with Crippen LogP contribution in [0, 0.1) is 0 Å². The second-order valence-electron chi connectivity index (χ2n) is 22.0. The van der Waals surface area contributed by atoms with Crippen molar-refractivity contribution in [1.82, 2.24) is 0 Å². The molecular formula is C71H124O6. The summed E-state index contributed by atoms with van der Waals surface area (Å²) < 4.78 is 16.9. The van der Waals surface area contributed by atoms with Crippen LogP contribution in [0.1, 0.15) is 329 Å². The zero-order chi connectivity index (χ0) is 55.7. The third-order valence-electron chi connectivity index (χ3n) is 14.4. The van der Waals surface area contributed by atoms with Gasteiger partial charge in [0.25, 0.3) is 0 Å². The van der Waals surface area contributed by atoms with Crippen LogP contribution in [0.4, 0.5) is 0 Å². The average molecular weight is 1070 g/mol. The predicted octanol–water partition coefficient (Wildman–Crippen LogP) is 22.7. The number of hydrogen-bond acceptors (Lipinski definition) is 6. The van der Waals surface area contributed by atoms with Gasteiger partial charge >= 0.3 is 17.9 Å². The minimum absolute atomic E-state index is 0.0801. The lowest BCUT2D eigenvalue weighted by Crippen LogP contribution is -2.30. The molecule has 0 saturated carbocycles. The summed E-state index contributed by atoms with van der Waals surface area (Å²) in [4.78, 5) is 38.3. The van der Waals surface area contributed by atoms with Crippen LogP contribution in [-0.2, 0) is 28.6 Å². The van der Waals surface area contributed by atoms with Crippen molar-refractivity contribution in [3.05, 3.63) is 85.1 Å². The first kappa shape index (κ1) is 73.6. The molecule has 0 aromatic rings. The van der Waals surface area contributed by atoms with Gasteiger partial charge in [0.1, 0.15) is 13.2 Å². The normalized spacial score (nSPS) is 12.6. The fourth-order valence-corrected chi connectivity index (χ4v) is 9.40. The highest BCUT2D eigenvalue weighted by atomic mass is 16.6. The number of rotatable bonds is 60. The van der Waals surface area contributed by atoms with Crippen LogP contribution < -0.4 is 0 Å². The Morgan fingerprint density at radius 3 is 0.818 bits per heavy atom. The van der Waals surface area contributed by atoms with Gasteiger partial charge in [-0.15, -0.1) is 0 Å². The molecule has 0 amide bonds. The van der Waals surface area contributed by atoms with Crippen molar-refractivity contribution < 1.29 is 28.6 Å². The molecule has 0 heterocycles. The molecule has 0 aromatic carbocycles. The van der Waals surface area contributed by atoms with Crippen LogP contribution in [0.25, 0.3) is 0 Å². The summed E-state index contributed by atoms with van der Waals surface area (Å²) >= 11 is 0. The van der Waals surface area contributed by atoms with Gasteiger partial charge in [0.05, 0.1) is 0 Å². The molecular weight excluding hydrogens is 949 g/mol. The maximum atomic E-state index is 12.9. The summed E-state index contributed by atoms with van der Waals surface area (Å²) in [5, 5.41) is 0. The summed E-state index contributed by atoms with van der Waals surface area (Å²) in [7, 11) is 0. The molecule has 0 aliphatic carbocycles. The first-order valence-electron chi connectivity index (χ1n) is 33.1. The summed E-state index contributed by atoms with van der Waals surface area (Å²) in [6.07, 6.45) is 85.9. The highest BCUT2D eigenvalue weighted by molar-refractivity contribution is 5.71. The molecule has 6 nitrogen and oxygen atoms in total. The number of allylic oxidation sites excluding steroid dienone is 14. The zero-order valence-electron chi connectivity index (χ0n) is 51.0. The van der Waals surface area contributed by atoms with Crippen molar-refractivity contribution >= 4 is 17.9 Å². The highest BCUT2D eigenvalue weighted by Gasteiger charge is 2.19. The maximum Gasteiger partial charge on any atom is 0.306 e. The lowest BCUT2D eigenvalue weighted by atomic mass is 10.0. The maximum absolute atomic E-state index is 12.9. The van der Waals surface area contributed by atoms with Gasteiger partial charge in [-0.1, -0.05) is 279 Å². The van der Waals surface area contributed by atoms with Gasteiger partial charge in [0.15, 0.2) is 6.10 Å². The monoisotopic (exact) mass is 1070 g/mol. The topological polar surface area (TPSA) is 78.9 Å². The van der Waals surface area contributed by atoms with E-state index in [9.17, 15) is 14.4 Å². The quantitative estimate of drug-likeness (QED) is 0.0261. The number of hydrogen-bond donors (Lipinski definition) is 0. The van der Waals surface area contributed by atoms with E-state index in [-0.39, 0.29) is 31.1 Å². The number of carbonyl (C=O) groups is 3. The van der Waals surface area contributed by atoms with Gasteiger partial charge in [0.2, 0.25) is 0 Å². The Kier molecular flexibility index (Phi) is 62.2. The molecule has 444 valence electrons. The summed E-state index contributed by atoms with van der Waals surface area (Å²) in [6, 6.07) is 0. The predicted molar refractivity (Wildman–Crippen MR) is 334 cm³/mol. The minimum atomic E-state index is -0.784. The molecule has 0 aliphatic rings. The number of esters is 3. The third kappa shape index (κ3) is 63.3. The van der Waals surface area contributed by atoms with Crippen molar-refractivity contribution in [3.63, 3.8) is 0 Å². The van der Waals surface area contributed by atoms with Crippen molar-refractivity contribution in [1.29, 1.82) is 0 Å². The fourth-order valence-electron chi connectivity index (χ4n) is 9.40. The average Bonchev–Trinajstić information content (AvgIpc) is 3.43. The summed E-state index contributed by atoms with van der Waals surface area (Å²) in [6.45, 7) is 6.53. The van der Waals surface area contributed by atoms with Crippen LogP contribution in [0.15, 0.2) is 85.1 Å². The van der Waals surface area contributed by atoms with E-state index < -0.39 is 6.10 Å². The fraction of sp³-hybridized carbons (Fsp3) is 0.761. The van der Waals surface area contributed by atoms with Gasteiger partial charge < -0.3 is 14.2 Å². The largest absolute Gasteiger partial charge is 0.462 e. The van der Waals surface area contributed by atoms with Gasteiger partial charge in [-0.05, 0) is 116 Å². The molecule has 1 unspecified atom stereocenters. The first-order chi connectivity index (χ1) is 38.0. The van der Waals surface area contributed by atoms with E-state index in [0.29, 0.717) is 19.3 Å². The molecule has 0 aromatic heterocycles. The van der Waals surface area contributed by atoms with Crippen LogP contribution >= 0.6 is 0 Å². The first-order valence-corrected chi connectivity index (χ1v) is 33.1. The van der Waals surface area contributed by atoms with E-state index in [1.165, 1.54) is 193 Å². The Morgan fingerprint density at radius 2 is 0.506 bits per heavy atom. The van der Waals surface area contributed by atoms with Gasteiger partial charge in [0, 0.05) is 19.3 Å². The Bertz CT molecular complexity index is 1470. The molecule has 0 aliphatic heterocycles. The number of carbonyl (C=O) groups excluding carboxylic acids is 3. The molecule has 77 heavy (non-hydrogen) atoms. The molecule has 0 fully saturated rings. The van der Waals surface area contributed by atoms with E-state index in [4.69, 9.17) is 14.2 Å². The molecule has 0 radical (unpaired) electrons. The molecule has 0 spiro atoms. The molecule has 0 saturated heterocycles. The molecule has 0 rings (SSSR count). The second kappa shape index (κ2) is 65.1. The number of ether oxygens (including phenoxy) is 3. The van der Waals surface area contributed by atoms with E-state index in [1.54, 1.807) is 0 Å². The van der Waals surface area contributed by atoms with Crippen molar-refractivity contribution in [3.8, 4) is 0 Å². The molecule has 6 heteroatoms. The highest BCUT2D eigenvalue weighted by Crippen LogP contribution is 2.16. The third-order valence-corrected chi connectivity index (χ3v) is 14.4. The minimum Gasteiger partial charge on any atom is -0.462 e. The Labute approximate surface area is 477 Å². The van der Waals surface area contributed by atoms with E-state index in [2.05, 4.69) is 106 Å². The Morgan fingerprint density at radius 1 is 0.273 bits per heavy atom.